The van der Waals surface area contributed by atoms with Crippen molar-refractivity contribution in [3.05, 3.63) is 48.3 Å². The molecule has 2 nitrogen and oxygen atoms in total. The van der Waals surface area contributed by atoms with Crippen molar-refractivity contribution in [1.29, 1.82) is 0 Å². The topological polar surface area (TPSA) is 40.5 Å². The molecular weight excluding hydrogens is 331 g/mol. The molecule has 0 radical (unpaired) electrons. The van der Waals surface area contributed by atoms with Crippen molar-refractivity contribution in [3.63, 3.8) is 0 Å². The van der Waals surface area contributed by atoms with Gasteiger partial charge in [-0.1, -0.05) is 18.2 Å². The van der Waals surface area contributed by atoms with Crippen LogP contribution < -0.4 is 0 Å². The van der Waals surface area contributed by atoms with Gasteiger partial charge in [-0.2, -0.15) is 4.39 Å². The number of halogens is 1. The summed E-state index contributed by atoms with van der Waals surface area (Å²) < 4.78 is 17.5. The minimum Gasteiger partial charge on any atom is -0.505 e. The van der Waals surface area contributed by atoms with Gasteiger partial charge in [0.1, 0.15) is 0 Å². The first-order valence-corrected chi connectivity index (χ1v) is 8.65. The third-order valence-corrected chi connectivity index (χ3v) is 6.46. The average Bonchev–Trinajstić information content (AvgIpc) is 3.09. The van der Waals surface area contributed by atoms with Gasteiger partial charge in [-0.15, -0.1) is 22.7 Å². The van der Waals surface area contributed by atoms with Crippen LogP contribution in [0.5, 0.6) is 11.5 Å². The maximum atomic E-state index is 13.7. The quantitative estimate of drug-likeness (QED) is 0.364. The van der Waals surface area contributed by atoms with Crippen molar-refractivity contribution in [1.82, 2.24) is 0 Å². The van der Waals surface area contributed by atoms with Gasteiger partial charge in [0, 0.05) is 35.6 Å². The van der Waals surface area contributed by atoms with E-state index >= 15 is 0 Å². The van der Waals surface area contributed by atoms with Crippen LogP contribution in [0.4, 0.5) is 4.39 Å². The monoisotopic (exact) mass is 340 g/mol. The molecule has 5 heteroatoms. The molecule has 0 aliphatic heterocycles. The Morgan fingerprint density at radius 3 is 2.26 bits per heavy atom. The molecule has 23 heavy (non-hydrogen) atoms. The third kappa shape index (κ3) is 1.66. The molecule has 0 unspecified atom stereocenters. The summed E-state index contributed by atoms with van der Waals surface area (Å²) in [6.07, 6.45) is 0. The number of phenolic OH excluding ortho intramolecular Hbond substituents is 2. The lowest BCUT2D eigenvalue weighted by Crippen LogP contribution is -1.78. The normalized spacial score (nSPS) is 12.0. The van der Waals surface area contributed by atoms with Gasteiger partial charge >= 0.3 is 0 Å². The highest BCUT2D eigenvalue weighted by Gasteiger charge is 2.17. The minimum absolute atomic E-state index is 0.470. The minimum atomic E-state index is -0.962. The summed E-state index contributed by atoms with van der Waals surface area (Å²) in [5.74, 6) is -1.96. The molecule has 3 aromatic carbocycles. The van der Waals surface area contributed by atoms with E-state index in [-0.39, 0.29) is 0 Å². The lowest BCUT2D eigenvalue weighted by Gasteiger charge is -2.00. The predicted octanol–water partition coefficient (Wildman–Crippen LogP) is 5.97. The van der Waals surface area contributed by atoms with Crippen molar-refractivity contribution < 1.29 is 14.6 Å². The molecule has 0 saturated heterocycles. The van der Waals surface area contributed by atoms with Gasteiger partial charge in [-0.25, -0.2) is 0 Å². The van der Waals surface area contributed by atoms with E-state index in [1.165, 1.54) is 27.5 Å². The molecular formula is C18H9FO2S2. The summed E-state index contributed by atoms with van der Waals surface area (Å²) in [6, 6.07) is 13.8. The molecule has 0 amide bonds. The van der Waals surface area contributed by atoms with Crippen LogP contribution in [0.25, 0.3) is 40.3 Å². The van der Waals surface area contributed by atoms with Gasteiger partial charge in [0.05, 0.1) is 4.70 Å². The van der Waals surface area contributed by atoms with Gasteiger partial charge in [0.2, 0.25) is 5.82 Å². The number of thiophene rings is 2. The van der Waals surface area contributed by atoms with Crippen molar-refractivity contribution >= 4 is 63.0 Å². The summed E-state index contributed by atoms with van der Waals surface area (Å²) in [5.41, 5.74) is 0. The van der Waals surface area contributed by atoms with Crippen LogP contribution in [0, 0.1) is 5.82 Å². The van der Waals surface area contributed by atoms with E-state index in [9.17, 15) is 14.6 Å². The standard InChI is InChI=1S/C18H9FO2S2/c19-16-12(20)5-11-10-7-14-9(6-15(10)23-18(11)17(16)21)8-3-1-2-4-13(8)22-14/h1-7,20-21H. The number of phenols is 2. The lowest BCUT2D eigenvalue weighted by molar-refractivity contribution is 0.394. The highest BCUT2D eigenvalue weighted by atomic mass is 32.1. The first-order chi connectivity index (χ1) is 11.1. The Labute approximate surface area is 137 Å². The molecule has 0 fully saturated rings. The Hall–Kier alpha value is -2.37. The number of aromatic hydroxyl groups is 2. The number of hydrogen-bond acceptors (Lipinski definition) is 4. The van der Waals surface area contributed by atoms with Crippen LogP contribution >= 0.6 is 22.7 Å². The Morgan fingerprint density at radius 2 is 1.43 bits per heavy atom. The van der Waals surface area contributed by atoms with E-state index in [2.05, 4.69) is 24.3 Å². The van der Waals surface area contributed by atoms with Crippen LogP contribution in [-0.4, -0.2) is 10.2 Å². The maximum Gasteiger partial charge on any atom is 0.207 e. The fourth-order valence-corrected chi connectivity index (χ4v) is 5.34. The van der Waals surface area contributed by atoms with Gasteiger partial charge in [-0.05, 0) is 24.3 Å². The van der Waals surface area contributed by atoms with Crippen LogP contribution in [0.2, 0.25) is 0 Å². The molecule has 0 saturated carbocycles. The molecule has 2 heterocycles. The fourth-order valence-electron chi connectivity index (χ4n) is 3.07. The van der Waals surface area contributed by atoms with Gasteiger partial charge < -0.3 is 10.2 Å². The predicted molar refractivity (Wildman–Crippen MR) is 95.5 cm³/mol. The van der Waals surface area contributed by atoms with Crippen LogP contribution in [0.1, 0.15) is 0 Å². The van der Waals surface area contributed by atoms with E-state index in [1.54, 1.807) is 11.3 Å². The number of hydrogen-bond donors (Lipinski definition) is 2. The van der Waals surface area contributed by atoms with Crippen LogP contribution in [0.3, 0.4) is 0 Å². The largest absolute Gasteiger partial charge is 0.505 e. The molecule has 5 rings (SSSR count). The Bertz CT molecular complexity index is 1250. The molecule has 0 spiro atoms. The third-order valence-electron chi connectivity index (χ3n) is 4.15. The second-order valence-corrected chi connectivity index (χ2v) is 7.62. The van der Waals surface area contributed by atoms with E-state index in [0.717, 1.165) is 20.2 Å². The second-order valence-electron chi connectivity index (χ2n) is 5.48. The SMILES string of the molecule is Oc1cc2c(sc3cc4c(cc32)sc2ccccc24)c(O)c1F. The molecule has 5 aromatic rings. The summed E-state index contributed by atoms with van der Waals surface area (Å²) in [5, 5.41) is 23.6. The Morgan fingerprint density at radius 1 is 0.739 bits per heavy atom. The Balaban J connectivity index is 2.00. The summed E-state index contributed by atoms with van der Waals surface area (Å²) >= 11 is 3.05. The molecule has 0 bridgehead atoms. The van der Waals surface area contributed by atoms with E-state index in [1.807, 2.05) is 12.1 Å². The number of fused-ring (bicyclic) bond motifs is 6. The average molecular weight is 340 g/mol. The van der Waals surface area contributed by atoms with Gasteiger partial charge in [0.25, 0.3) is 0 Å². The molecule has 0 aliphatic rings. The molecule has 2 N–H and O–H groups in total. The van der Waals surface area contributed by atoms with Crippen molar-refractivity contribution in [2.45, 2.75) is 0 Å². The Kier molecular flexibility index (Phi) is 2.47. The zero-order valence-electron chi connectivity index (χ0n) is 11.6. The summed E-state index contributed by atoms with van der Waals surface area (Å²) in [7, 11) is 0. The summed E-state index contributed by atoms with van der Waals surface area (Å²) in [4.78, 5) is 0. The fraction of sp³-hybridized carbons (Fsp3) is 0. The molecule has 112 valence electrons. The van der Waals surface area contributed by atoms with E-state index < -0.39 is 17.3 Å². The highest BCUT2D eigenvalue weighted by molar-refractivity contribution is 7.27. The molecule has 0 aliphatic carbocycles. The van der Waals surface area contributed by atoms with Crippen LogP contribution in [0.15, 0.2) is 42.5 Å². The van der Waals surface area contributed by atoms with Gasteiger partial charge in [-0.3, -0.25) is 0 Å². The smallest absolute Gasteiger partial charge is 0.207 e. The van der Waals surface area contributed by atoms with Gasteiger partial charge in [0.15, 0.2) is 11.5 Å². The molecule has 0 atom stereocenters. The van der Waals surface area contributed by atoms with Crippen molar-refractivity contribution in [2.24, 2.45) is 0 Å². The first-order valence-electron chi connectivity index (χ1n) is 7.01. The van der Waals surface area contributed by atoms with Crippen molar-refractivity contribution in [2.75, 3.05) is 0 Å². The maximum absolute atomic E-state index is 13.7. The first kappa shape index (κ1) is 13.1. The lowest BCUT2D eigenvalue weighted by atomic mass is 10.1. The van der Waals surface area contributed by atoms with Crippen molar-refractivity contribution in [3.8, 4) is 11.5 Å². The van der Waals surface area contributed by atoms with Crippen LogP contribution in [-0.2, 0) is 0 Å². The zero-order chi connectivity index (χ0) is 15.7. The number of benzene rings is 3. The number of rotatable bonds is 0. The molecule has 2 aromatic heterocycles. The highest BCUT2D eigenvalue weighted by Crippen LogP contribution is 2.46. The van der Waals surface area contributed by atoms with E-state index in [0.29, 0.717) is 10.1 Å². The zero-order valence-corrected chi connectivity index (χ0v) is 13.3. The summed E-state index contributed by atoms with van der Waals surface area (Å²) in [6.45, 7) is 0. The van der Waals surface area contributed by atoms with E-state index in [4.69, 9.17) is 0 Å². The second kappa shape index (κ2) is 4.34.